The molecular formula is C12H17F3N2O. The smallest absolute Gasteiger partial charge is 0.391 e. The first-order valence-electron chi connectivity index (χ1n) is 5.67. The van der Waals surface area contributed by atoms with Gasteiger partial charge in [0.15, 0.2) is 0 Å². The van der Waals surface area contributed by atoms with Gasteiger partial charge in [-0.2, -0.15) is 13.2 Å². The Bertz CT molecular complexity index is 393. The standard InChI is InChI=1S/C12H17F3N2O/c1-3-18-11-5-9(16)4-10(6-11)17-8(2)7-12(13,14)15/h4-6,8,17H,3,7,16H2,1-2H3. The summed E-state index contributed by atoms with van der Waals surface area (Å²) >= 11 is 0. The van der Waals surface area contributed by atoms with E-state index in [-0.39, 0.29) is 0 Å². The number of nitrogens with one attached hydrogen (secondary N) is 1. The predicted octanol–water partition coefficient (Wildman–Crippen LogP) is 3.42. The van der Waals surface area contributed by atoms with Crippen molar-refractivity contribution in [2.24, 2.45) is 0 Å². The van der Waals surface area contributed by atoms with Gasteiger partial charge in [0.05, 0.1) is 13.0 Å². The van der Waals surface area contributed by atoms with E-state index in [2.05, 4.69) is 5.32 Å². The second kappa shape index (κ2) is 5.84. The minimum atomic E-state index is -4.19. The molecule has 0 radical (unpaired) electrons. The molecule has 1 unspecified atom stereocenters. The fraction of sp³-hybridized carbons (Fsp3) is 0.500. The molecule has 3 N–H and O–H groups in total. The average molecular weight is 262 g/mol. The number of benzene rings is 1. The van der Waals surface area contributed by atoms with Gasteiger partial charge in [0.2, 0.25) is 0 Å². The second-order valence-electron chi connectivity index (χ2n) is 4.09. The average Bonchev–Trinajstić information content (AvgIpc) is 2.12. The Morgan fingerprint density at radius 2 is 2.00 bits per heavy atom. The second-order valence-corrected chi connectivity index (χ2v) is 4.09. The summed E-state index contributed by atoms with van der Waals surface area (Å²) in [5.41, 5.74) is 6.62. The van der Waals surface area contributed by atoms with Crippen molar-refractivity contribution in [3.05, 3.63) is 18.2 Å². The van der Waals surface area contributed by atoms with Crippen LogP contribution in [0.15, 0.2) is 18.2 Å². The summed E-state index contributed by atoms with van der Waals surface area (Å²) in [6.07, 6.45) is -5.08. The van der Waals surface area contributed by atoms with Gasteiger partial charge >= 0.3 is 6.18 Å². The Morgan fingerprint density at radius 1 is 1.33 bits per heavy atom. The number of nitrogens with two attached hydrogens (primary N) is 1. The zero-order valence-corrected chi connectivity index (χ0v) is 10.3. The highest BCUT2D eigenvalue weighted by molar-refractivity contribution is 5.59. The SMILES string of the molecule is CCOc1cc(N)cc(NC(C)CC(F)(F)F)c1. The molecule has 1 aromatic carbocycles. The van der Waals surface area contributed by atoms with Crippen molar-refractivity contribution in [2.45, 2.75) is 32.5 Å². The summed E-state index contributed by atoms with van der Waals surface area (Å²) in [7, 11) is 0. The van der Waals surface area contributed by atoms with E-state index in [9.17, 15) is 13.2 Å². The maximum absolute atomic E-state index is 12.2. The quantitative estimate of drug-likeness (QED) is 0.799. The molecule has 0 heterocycles. The third kappa shape index (κ3) is 5.16. The molecule has 18 heavy (non-hydrogen) atoms. The summed E-state index contributed by atoms with van der Waals surface area (Å²) in [5, 5.41) is 2.76. The third-order valence-electron chi connectivity index (χ3n) is 2.19. The molecule has 3 nitrogen and oxygen atoms in total. The highest BCUT2D eigenvalue weighted by Crippen LogP contribution is 2.26. The first-order chi connectivity index (χ1) is 8.30. The molecule has 0 aromatic heterocycles. The molecule has 0 aliphatic carbocycles. The molecule has 0 aliphatic rings. The van der Waals surface area contributed by atoms with Crippen LogP contribution in [0.2, 0.25) is 0 Å². The van der Waals surface area contributed by atoms with Gasteiger partial charge in [0.1, 0.15) is 5.75 Å². The number of hydrogen-bond donors (Lipinski definition) is 2. The largest absolute Gasteiger partial charge is 0.494 e. The highest BCUT2D eigenvalue weighted by atomic mass is 19.4. The zero-order chi connectivity index (χ0) is 13.8. The van der Waals surface area contributed by atoms with Crippen LogP contribution in [0, 0.1) is 0 Å². The van der Waals surface area contributed by atoms with E-state index in [4.69, 9.17) is 10.5 Å². The fourth-order valence-electron chi connectivity index (χ4n) is 1.64. The lowest BCUT2D eigenvalue weighted by atomic mass is 10.2. The van der Waals surface area contributed by atoms with Gasteiger partial charge in [-0.15, -0.1) is 0 Å². The van der Waals surface area contributed by atoms with Gasteiger partial charge < -0.3 is 15.8 Å². The molecule has 0 bridgehead atoms. The van der Waals surface area contributed by atoms with Gasteiger partial charge in [0.25, 0.3) is 0 Å². The number of rotatable bonds is 5. The molecule has 0 amide bonds. The van der Waals surface area contributed by atoms with Crippen molar-refractivity contribution in [1.82, 2.24) is 0 Å². The van der Waals surface area contributed by atoms with E-state index >= 15 is 0 Å². The van der Waals surface area contributed by atoms with Crippen molar-refractivity contribution in [3.63, 3.8) is 0 Å². The molecule has 1 aromatic rings. The Hall–Kier alpha value is -1.59. The summed E-state index contributed by atoms with van der Waals surface area (Å²) in [6.45, 7) is 3.76. The van der Waals surface area contributed by atoms with Crippen LogP contribution in [0.25, 0.3) is 0 Å². The topological polar surface area (TPSA) is 47.3 Å². The zero-order valence-electron chi connectivity index (χ0n) is 10.3. The van der Waals surface area contributed by atoms with Gasteiger partial charge in [-0.05, 0) is 19.9 Å². The van der Waals surface area contributed by atoms with Crippen LogP contribution in [0.3, 0.4) is 0 Å². The van der Waals surface area contributed by atoms with Gasteiger partial charge in [-0.3, -0.25) is 0 Å². The van der Waals surface area contributed by atoms with E-state index in [1.807, 2.05) is 6.92 Å². The van der Waals surface area contributed by atoms with E-state index < -0.39 is 18.6 Å². The number of ether oxygens (including phenoxy) is 1. The van der Waals surface area contributed by atoms with E-state index in [0.29, 0.717) is 23.7 Å². The molecule has 1 rings (SSSR count). The molecule has 6 heteroatoms. The lowest BCUT2D eigenvalue weighted by molar-refractivity contribution is -0.136. The Morgan fingerprint density at radius 3 is 2.56 bits per heavy atom. The number of anilines is 2. The van der Waals surface area contributed by atoms with Crippen LogP contribution in [0.5, 0.6) is 5.75 Å². The molecule has 0 saturated heterocycles. The number of alkyl halides is 3. The summed E-state index contributed by atoms with van der Waals surface area (Å²) in [4.78, 5) is 0. The Labute approximate surface area is 104 Å². The predicted molar refractivity (Wildman–Crippen MR) is 65.8 cm³/mol. The minimum Gasteiger partial charge on any atom is -0.494 e. The summed E-state index contributed by atoms with van der Waals surface area (Å²) in [5.74, 6) is 0.541. The lowest BCUT2D eigenvalue weighted by Crippen LogP contribution is -2.23. The lowest BCUT2D eigenvalue weighted by Gasteiger charge is -2.18. The van der Waals surface area contributed by atoms with Crippen molar-refractivity contribution in [1.29, 1.82) is 0 Å². The molecule has 0 spiro atoms. The van der Waals surface area contributed by atoms with Crippen LogP contribution in [-0.4, -0.2) is 18.8 Å². The Kier molecular flexibility index (Phi) is 4.69. The first kappa shape index (κ1) is 14.5. The summed E-state index contributed by atoms with van der Waals surface area (Å²) in [6, 6.07) is 4.12. The number of halogens is 3. The van der Waals surface area contributed by atoms with Crippen LogP contribution < -0.4 is 15.8 Å². The van der Waals surface area contributed by atoms with Crippen LogP contribution in [0.1, 0.15) is 20.3 Å². The molecule has 0 aliphatic heterocycles. The Balaban J connectivity index is 2.71. The van der Waals surface area contributed by atoms with Crippen molar-refractivity contribution >= 4 is 11.4 Å². The van der Waals surface area contributed by atoms with E-state index in [1.165, 1.54) is 6.92 Å². The summed E-state index contributed by atoms with van der Waals surface area (Å²) < 4.78 is 41.9. The highest BCUT2D eigenvalue weighted by Gasteiger charge is 2.29. The van der Waals surface area contributed by atoms with E-state index in [0.717, 1.165) is 0 Å². The van der Waals surface area contributed by atoms with Gasteiger partial charge in [-0.25, -0.2) is 0 Å². The molecule has 0 saturated carbocycles. The monoisotopic (exact) mass is 262 g/mol. The van der Waals surface area contributed by atoms with Gasteiger partial charge in [-0.1, -0.05) is 0 Å². The molecular weight excluding hydrogens is 245 g/mol. The molecule has 0 fully saturated rings. The number of hydrogen-bond acceptors (Lipinski definition) is 3. The maximum Gasteiger partial charge on any atom is 0.391 e. The third-order valence-corrected chi connectivity index (χ3v) is 2.19. The van der Waals surface area contributed by atoms with Crippen LogP contribution in [0.4, 0.5) is 24.5 Å². The number of nitrogen functional groups attached to an aromatic ring is 1. The maximum atomic E-state index is 12.2. The van der Waals surface area contributed by atoms with Crippen molar-refractivity contribution < 1.29 is 17.9 Å². The van der Waals surface area contributed by atoms with Crippen LogP contribution in [-0.2, 0) is 0 Å². The van der Waals surface area contributed by atoms with Gasteiger partial charge in [0, 0.05) is 29.5 Å². The minimum absolute atomic E-state index is 0.447. The fourth-order valence-corrected chi connectivity index (χ4v) is 1.64. The van der Waals surface area contributed by atoms with Crippen molar-refractivity contribution in [2.75, 3.05) is 17.7 Å². The van der Waals surface area contributed by atoms with E-state index in [1.54, 1.807) is 18.2 Å². The molecule has 1 atom stereocenters. The normalized spacial score (nSPS) is 13.2. The first-order valence-corrected chi connectivity index (χ1v) is 5.67. The van der Waals surface area contributed by atoms with Crippen molar-refractivity contribution in [3.8, 4) is 5.75 Å². The van der Waals surface area contributed by atoms with Crippen LogP contribution >= 0.6 is 0 Å². The molecule has 102 valence electrons.